The van der Waals surface area contributed by atoms with E-state index in [2.05, 4.69) is 32.6 Å². The van der Waals surface area contributed by atoms with E-state index in [-0.39, 0.29) is 12.5 Å². The number of rotatable bonds is 48. The fourth-order valence-corrected chi connectivity index (χ4v) is 10.6. The first-order chi connectivity index (χ1) is 28.5. The maximum atomic E-state index is 13.4. The van der Waals surface area contributed by atoms with E-state index in [4.69, 9.17) is 0 Å². The molecule has 0 aromatic rings. The van der Waals surface area contributed by atoms with Crippen molar-refractivity contribution >= 4 is 33.8 Å². The first-order valence-corrected chi connectivity index (χ1v) is 28.1. The van der Waals surface area contributed by atoms with Gasteiger partial charge in [-0.3, -0.25) is 9.59 Å². The summed E-state index contributed by atoms with van der Waals surface area (Å²) in [5.74, 6) is 1.20. The highest BCUT2D eigenvalue weighted by Crippen LogP contribution is 2.28. The van der Waals surface area contributed by atoms with Gasteiger partial charge in [-0.05, 0) is 83.8 Å². The second-order valence-electron chi connectivity index (χ2n) is 18.1. The van der Waals surface area contributed by atoms with Crippen molar-refractivity contribution in [2.24, 2.45) is 5.92 Å². The van der Waals surface area contributed by atoms with E-state index in [0.29, 0.717) is 21.9 Å². The highest BCUT2D eigenvalue weighted by atomic mass is 32.2. The number of carbonyl (C=O) groups is 2. The van der Waals surface area contributed by atoms with Crippen molar-refractivity contribution in [3.63, 3.8) is 0 Å². The molecule has 4 nitrogen and oxygen atoms in total. The Morgan fingerprint density at radius 3 is 1.21 bits per heavy atom. The van der Waals surface area contributed by atoms with E-state index >= 15 is 0 Å². The Morgan fingerprint density at radius 1 is 0.431 bits per heavy atom. The monoisotopic (exact) mass is 854 g/mol. The number of unbranched alkanes of at least 4 members (excludes halogenated alkanes) is 27. The van der Waals surface area contributed by atoms with E-state index in [1.165, 1.54) is 193 Å². The molecule has 0 aromatic carbocycles. The molecule has 0 heterocycles. The predicted molar refractivity (Wildman–Crippen MR) is 264 cm³/mol. The molecular formula is C52H103NO3S2. The van der Waals surface area contributed by atoms with Crippen molar-refractivity contribution in [3.8, 4) is 0 Å². The summed E-state index contributed by atoms with van der Waals surface area (Å²) in [6.07, 6.45) is 48.6. The summed E-state index contributed by atoms with van der Waals surface area (Å²) in [5, 5.41) is 10.8. The Hall–Kier alpha value is -0.0400. The van der Waals surface area contributed by atoms with Crippen molar-refractivity contribution in [1.82, 2.24) is 4.90 Å². The summed E-state index contributed by atoms with van der Waals surface area (Å²) in [5.41, 5.74) is 0. The molecule has 0 amide bonds. The standard InChI is InChI=1S/C52H103NO3S2/c1-5-9-13-17-21-23-26-30-40-49(39-29-25-19-15-11-7-3)52(56)57-48-38-36-46-53(45-35-37-47-54)44-34-33-43-51(55)58-50(41-31-27-20-16-12-8-4)42-32-28-24-22-18-14-10-6-2/h49-50,54H,5-48H2,1-4H3. The highest BCUT2D eigenvalue weighted by Gasteiger charge is 2.19. The van der Waals surface area contributed by atoms with Crippen molar-refractivity contribution in [2.75, 3.05) is 32.0 Å². The molecule has 0 aliphatic heterocycles. The van der Waals surface area contributed by atoms with Crippen molar-refractivity contribution < 1.29 is 14.7 Å². The molecule has 0 aliphatic carbocycles. The third-order valence-electron chi connectivity index (χ3n) is 12.3. The number of nitrogens with zero attached hydrogens (tertiary/aromatic N) is 1. The van der Waals surface area contributed by atoms with E-state index in [1.807, 2.05) is 0 Å². The largest absolute Gasteiger partial charge is 0.396 e. The number of thioether (sulfide) groups is 2. The molecule has 0 aromatic heterocycles. The maximum Gasteiger partial charge on any atom is 0.192 e. The lowest BCUT2D eigenvalue weighted by molar-refractivity contribution is -0.115. The normalized spacial score (nSPS) is 12.8. The molecule has 0 fully saturated rings. The molecule has 0 bridgehead atoms. The van der Waals surface area contributed by atoms with Gasteiger partial charge in [-0.25, -0.2) is 0 Å². The first-order valence-electron chi connectivity index (χ1n) is 26.2. The van der Waals surface area contributed by atoms with Gasteiger partial charge < -0.3 is 10.0 Å². The number of carbonyl (C=O) groups excluding carboxylic acids is 2. The van der Waals surface area contributed by atoms with Gasteiger partial charge in [0.15, 0.2) is 10.2 Å². The Morgan fingerprint density at radius 2 is 0.793 bits per heavy atom. The zero-order valence-corrected chi connectivity index (χ0v) is 41.4. The molecule has 0 spiro atoms. The van der Waals surface area contributed by atoms with E-state index in [9.17, 15) is 14.7 Å². The van der Waals surface area contributed by atoms with Crippen LogP contribution >= 0.6 is 23.5 Å². The second-order valence-corrected chi connectivity index (χ2v) is 20.5. The Balaban J connectivity index is 4.70. The molecule has 1 N–H and O–H groups in total. The molecule has 0 saturated heterocycles. The molecule has 0 rings (SSSR count). The molecule has 0 radical (unpaired) electrons. The molecule has 0 saturated carbocycles. The third-order valence-corrected chi connectivity index (χ3v) is 14.7. The van der Waals surface area contributed by atoms with Gasteiger partial charge in [0, 0.05) is 29.9 Å². The van der Waals surface area contributed by atoms with Gasteiger partial charge in [0.2, 0.25) is 0 Å². The van der Waals surface area contributed by atoms with Crippen LogP contribution in [0.4, 0.5) is 0 Å². The summed E-state index contributed by atoms with van der Waals surface area (Å²) in [6.45, 7) is 12.5. The fourth-order valence-electron chi connectivity index (χ4n) is 8.36. The Labute approximate surface area is 372 Å². The molecule has 6 heteroatoms. The minimum Gasteiger partial charge on any atom is -0.396 e. The smallest absolute Gasteiger partial charge is 0.192 e. The highest BCUT2D eigenvalue weighted by molar-refractivity contribution is 8.14. The molecule has 2 atom stereocenters. The van der Waals surface area contributed by atoms with E-state index in [0.717, 1.165) is 76.8 Å². The summed E-state index contributed by atoms with van der Waals surface area (Å²) in [4.78, 5) is 29.2. The number of hydrogen-bond acceptors (Lipinski definition) is 6. The van der Waals surface area contributed by atoms with Gasteiger partial charge in [0.1, 0.15) is 0 Å². The van der Waals surface area contributed by atoms with Crippen LogP contribution in [0.1, 0.15) is 278 Å². The minimum absolute atomic E-state index is 0.253. The van der Waals surface area contributed by atoms with Gasteiger partial charge in [0.05, 0.1) is 0 Å². The maximum absolute atomic E-state index is 13.4. The van der Waals surface area contributed by atoms with Crippen LogP contribution < -0.4 is 0 Å². The van der Waals surface area contributed by atoms with Crippen molar-refractivity contribution in [3.05, 3.63) is 0 Å². The van der Waals surface area contributed by atoms with Crippen LogP contribution in [-0.2, 0) is 9.59 Å². The Kier molecular flexibility index (Phi) is 48.0. The van der Waals surface area contributed by atoms with Crippen LogP contribution in [-0.4, -0.2) is 57.5 Å². The topological polar surface area (TPSA) is 57.6 Å². The average Bonchev–Trinajstić information content (AvgIpc) is 3.22. The van der Waals surface area contributed by atoms with Gasteiger partial charge >= 0.3 is 0 Å². The van der Waals surface area contributed by atoms with Gasteiger partial charge in [0.25, 0.3) is 0 Å². The summed E-state index contributed by atoms with van der Waals surface area (Å²) in [6, 6.07) is 0. The van der Waals surface area contributed by atoms with Crippen LogP contribution in [0, 0.1) is 5.92 Å². The van der Waals surface area contributed by atoms with E-state index < -0.39 is 0 Å². The zero-order valence-electron chi connectivity index (χ0n) is 39.8. The molecule has 346 valence electrons. The van der Waals surface area contributed by atoms with Gasteiger partial charge in [-0.1, -0.05) is 231 Å². The molecule has 0 aliphatic rings. The summed E-state index contributed by atoms with van der Waals surface area (Å²) in [7, 11) is 0. The lowest BCUT2D eigenvalue weighted by Gasteiger charge is -2.22. The zero-order chi connectivity index (χ0) is 42.4. The number of aliphatic hydroxyl groups is 1. The van der Waals surface area contributed by atoms with Crippen LogP contribution in [0.25, 0.3) is 0 Å². The van der Waals surface area contributed by atoms with Crippen LogP contribution in [0.15, 0.2) is 0 Å². The van der Waals surface area contributed by atoms with Crippen LogP contribution in [0.2, 0.25) is 0 Å². The second kappa shape index (κ2) is 48.0. The van der Waals surface area contributed by atoms with Crippen LogP contribution in [0.3, 0.4) is 0 Å². The minimum atomic E-state index is 0.253. The molecule has 2 unspecified atom stereocenters. The molecule has 58 heavy (non-hydrogen) atoms. The third kappa shape index (κ3) is 41.3. The van der Waals surface area contributed by atoms with Crippen LogP contribution in [0.5, 0.6) is 0 Å². The van der Waals surface area contributed by atoms with Crippen molar-refractivity contribution in [1.29, 1.82) is 0 Å². The fraction of sp³-hybridized carbons (Fsp3) is 0.962. The number of hydrogen-bond donors (Lipinski definition) is 1. The average molecular weight is 855 g/mol. The van der Waals surface area contributed by atoms with E-state index in [1.54, 1.807) is 23.5 Å². The molecular weight excluding hydrogens is 751 g/mol. The van der Waals surface area contributed by atoms with Gasteiger partial charge in [-0.2, -0.15) is 0 Å². The lowest BCUT2D eigenvalue weighted by atomic mass is 9.95. The lowest BCUT2D eigenvalue weighted by Crippen LogP contribution is -2.27. The Bertz CT molecular complexity index is 841. The predicted octanol–water partition coefficient (Wildman–Crippen LogP) is 17.1. The summed E-state index contributed by atoms with van der Waals surface area (Å²) < 4.78 is 0. The first kappa shape index (κ1) is 58.0. The van der Waals surface area contributed by atoms with Gasteiger partial charge in [-0.15, -0.1) is 0 Å². The quantitative estimate of drug-likeness (QED) is 0.0616. The van der Waals surface area contributed by atoms with Crippen molar-refractivity contribution in [2.45, 2.75) is 283 Å². The summed E-state index contributed by atoms with van der Waals surface area (Å²) >= 11 is 3.32. The SMILES string of the molecule is CCCCCCCCCCC(CCCCCCCC)SC(=O)CCCCN(CCCCO)CCCCSC(=O)C(CCCCCCCC)CCCCCCCCCC. The number of aliphatic hydroxyl groups excluding tert-OH is 1.